The summed E-state index contributed by atoms with van der Waals surface area (Å²) < 4.78 is 16.9. The number of thioether (sulfide) groups is 1. The van der Waals surface area contributed by atoms with E-state index >= 15 is 0 Å². The van der Waals surface area contributed by atoms with Gasteiger partial charge in [0.15, 0.2) is 27.3 Å². The minimum Gasteiger partial charge on any atom is -0.504 e. The maximum Gasteiger partial charge on any atom is 0.270 e. The van der Waals surface area contributed by atoms with Crippen molar-refractivity contribution >= 4 is 61.9 Å². The van der Waals surface area contributed by atoms with Crippen LogP contribution in [0.3, 0.4) is 0 Å². The van der Waals surface area contributed by atoms with E-state index in [9.17, 15) is 9.90 Å². The predicted octanol–water partition coefficient (Wildman–Crippen LogP) is 4.30. The van der Waals surface area contributed by atoms with Crippen molar-refractivity contribution in [2.24, 2.45) is 0 Å². The predicted molar refractivity (Wildman–Crippen MR) is 111 cm³/mol. The maximum absolute atomic E-state index is 12.9. The Kier molecular flexibility index (Phi) is 4.75. The average molecular weight is 466 g/mol. The van der Waals surface area contributed by atoms with Gasteiger partial charge in [-0.05, 0) is 35.9 Å². The maximum atomic E-state index is 12.9. The molecule has 1 saturated heterocycles. The van der Waals surface area contributed by atoms with Crippen molar-refractivity contribution < 1.29 is 24.1 Å². The Morgan fingerprint density at radius 1 is 1.30 bits per heavy atom. The van der Waals surface area contributed by atoms with Crippen molar-refractivity contribution in [1.82, 2.24) is 0 Å². The molecule has 2 aliphatic rings. The molecule has 0 aromatic heterocycles. The molecule has 2 aliphatic heterocycles. The summed E-state index contributed by atoms with van der Waals surface area (Å²) in [7, 11) is 1.46. The number of amides is 1. The largest absolute Gasteiger partial charge is 0.504 e. The van der Waals surface area contributed by atoms with E-state index in [4.69, 9.17) is 26.4 Å². The zero-order valence-electron chi connectivity index (χ0n) is 13.9. The zero-order valence-corrected chi connectivity index (χ0v) is 17.1. The zero-order chi connectivity index (χ0) is 19.1. The molecule has 1 fully saturated rings. The lowest BCUT2D eigenvalue weighted by Crippen LogP contribution is -2.27. The fourth-order valence-corrected chi connectivity index (χ4v) is 4.42. The first-order valence-corrected chi connectivity index (χ1v) is 9.74. The normalized spacial score (nSPS) is 17.1. The third kappa shape index (κ3) is 3.26. The number of carbonyl (C=O) groups excluding carboxylic acids is 1. The van der Waals surface area contributed by atoms with Crippen LogP contribution in [-0.2, 0) is 4.79 Å². The first kappa shape index (κ1) is 18.1. The van der Waals surface area contributed by atoms with Gasteiger partial charge in [-0.3, -0.25) is 9.69 Å². The van der Waals surface area contributed by atoms with Gasteiger partial charge in [0.1, 0.15) is 0 Å². The highest BCUT2D eigenvalue weighted by Gasteiger charge is 2.34. The van der Waals surface area contributed by atoms with E-state index in [1.807, 2.05) is 0 Å². The third-order valence-corrected chi connectivity index (χ3v) is 5.98. The number of halogens is 1. The standard InChI is InChI=1S/C18H12BrNO5S2/c1-23-14-4-9(11(19)7-12(14)21)5-16-17(22)20(18(26)27-16)10-2-3-13-15(6-10)25-8-24-13/h2-7,21H,8H2,1H3. The van der Waals surface area contributed by atoms with Crippen molar-refractivity contribution in [1.29, 1.82) is 0 Å². The molecule has 0 bridgehead atoms. The summed E-state index contributed by atoms with van der Waals surface area (Å²) in [5.74, 6) is 1.31. The Balaban J connectivity index is 1.68. The lowest BCUT2D eigenvalue weighted by atomic mass is 10.2. The van der Waals surface area contributed by atoms with Crippen LogP contribution in [0, 0.1) is 0 Å². The van der Waals surface area contributed by atoms with Crippen LogP contribution < -0.4 is 19.1 Å². The number of thiocarbonyl (C=S) groups is 1. The van der Waals surface area contributed by atoms with E-state index in [1.165, 1.54) is 29.8 Å². The van der Waals surface area contributed by atoms with Crippen LogP contribution in [-0.4, -0.2) is 29.2 Å². The van der Waals surface area contributed by atoms with E-state index < -0.39 is 0 Å². The van der Waals surface area contributed by atoms with Gasteiger partial charge in [0.25, 0.3) is 5.91 Å². The van der Waals surface area contributed by atoms with Crippen LogP contribution in [0.2, 0.25) is 0 Å². The molecule has 2 aromatic carbocycles. The van der Waals surface area contributed by atoms with Crippen molar-refractivity contribution in [2.45, 2.75) is 0 Å². The second-order valence-electron chi connectivity index (χ2n) is 5.60. The minimum absolute atomic E-state index is 0.00873. The number of hydrogen-bond donors (Lipinski definition) is 1. The second-order valence-corrected chi connectivity index (χ2v) is 8.13. The lowest BCUT2D eigenvalue weighted by molar-refractivity contribution is -0.113. The number of aromatic hydroxyl groups is 1. The van der Waals surface area contributed by atoms with Gasteiger partial charge in [0, 0.05) is 10.5 Å². The van der Waals surface area contributed by atoms with Gasteiger partial charge in [-0.2, -0.15) is 0 Å². The van der Waals surface area contributed by atoms with Crippen LogP contribution >= 0.6 is 39.9 Å². The number of nitrogens with zero attached hydrogens (tertiary/aromatic N) is 1. The number of fused-ring (bicyclic) bond motifs is 1. The SMILES string of the molecule is COc1cc(C=C2SC(=S)N(c3ccc4c(c3)OCO4)C2=O)c(Br)cc1O. The fourth-order valence-electron chi connectivity index (χ4n) is 2.69. The van der Waals surface area contributed by atoms with Crippen molar-refractivity contribution in [3.63, 3.8) is 0 Å². The molecular formula is C18H12BrNO5S2. The summed E-state index contributed by atoms with van der Waals surface area (Å²) in [6.07, 6.45) is 1.71. The molecule has 27 heavy (non-hydrogen) atoms. The molecule has 0 spiro atoms. The first-order valence-electron chi connectivity index (χ1n) is 7.72. The van der Waals surface area contributed by atoms with E-state index in [0.717, 1.165) is 0 Å². The molecular weight excluding hydrogens is 454 g/mol. The van der Waals surface area contributed by atoms with Gasteiger partial charge in [0.2, 0.25) is 6.79 Å². The molecule has 1 amide bonds. The first-order chi connectivity index (χ1) is 13.0. The molecule has 9 heteroatoms. The number of phenolic OH excluding ortho intramolecular Hbond substituents is 1. The van der Waals surface area contributed by atoms with E-state index in [0.29, 0.717) is 42.2 Å². The smallest absolute Gasteiger partial charge is 0.270 e. The number of benzene rings is 2. The number of hydrogen-bond acceptors (Lipinski definition) is 7. The summed E-state index contributed by atoms with van der Waals surface area (Å²) in [6.45, 7) is 0.161. The molecule has 4 rings (SSSR count). The number of phenols is 1. The quantitative estimate of drug-likeness (QED) is 0.535. The molecule has 6 nitrogen and oxygen atoms in total. The van der Waals surface area contributed by atoms with E-state index in [2.05, 4.69) is 15.9 Å². The Bertz CT molecular complexity index is 1010. The van der Waals surface area contributed by atoms with Gasteiger partial charge >= 0.3 is 0 Å². The molecule has 0 aliphatic carbocycles. The number of rotatable bonds is 3. The number of ether oxygens (including phenoxy) is 3. The Labute approximate surface area is 172 Å². The molecule has 2 heterocycles. The fraction of sp³-hybridized carbons (Fsp3) is 0.111. The molecule has 0 radical (unpaired) electrons. The second kappa shape index (κ2) is 7.06. The van der Waals surface area contributed by atoms with Crippen LogP contribution in [0.5, 0.6) is 23.0 Å². The monoisotopic (exact) mass is 465 g/mol. The van der Waals surface area contributed by atoms with Crippen molar-refractivity contribution in [3.8, 4) is 23.0 Å². The summed E-state index contributed by atoms with van der Waals surface area (Å²) in [5.41, 5.74) is 1.31. The van der Waals surface area contributed by atoms with Gasteiger partial charge in [-0.1, -0.05) is 39.9 Å². The summed E-state index contributed by atoms with van der Waals surface area (Å²) in [5, 5.41) is 9.84. The molecule has 0 unspecified atom stereocenters. The van der Waals surface area contributed by atoms with Gasteiger partial charge in [-0.25, -0.2) is 0 Å². The summed E-state index contributed by atoms with van der Waals surface area (Å²) in [4.78, 5) is 14.9. The van der Waals surface area contributed by atoms with Gasteiger partial charge < -0.3 is 19.3 Å². The third-order valence-electron chi connectivity index (χ3n) is 3.99. The number of methoxy groups -OCH3 is 1. The molecule has 138 valence electrons. The summed E-state index contributed by atoms with van der Waals surface area (Å²) in [6, 6.07) is 8.41. The Morgan fingerprint density at radius 2 is 2.07 bits per heavy atom. The Morgan fingerprint density at radius 3 is 2.85 bits per heavy atom. The Hall–Kier alpha value is -2.23. The molecule has 0 saturated carbocycles. The highest BCUT2D eigenvalue weighted by Crippen LogP contribution is 2.42. The summed E-state index contributed by atoms with van der Waals surface area (Å²) >= 11 is 9.99. The van der Waals surface area contributed by atoms with Gasteiger partial charge in [0.05, 0.1) is 17.7 Å². The van der Waals surface area contributed by atoms with Crippen LogP contribution in [0.15, 0.2) is 39.7 Å². The van der Waals surface area contributed by atoms with Crippen LogP contribution in [0.4, 0.5) is 5.69 Å². The van der Waals surface area contributed by atoms with Gasteiger partial charge in [-0.15, -0.1) is 0 Å². The number of anilines is 1. The minimum atomic E-state index is -0.234. The highest BCUT2D eigenvalue weighted by atomic mass is 79.9. The molecule has 2 aromatic rings. The van der Waals surface area contributed by atoms with Crippen molar-refractivity contribution in [2.75, 3.05) is 18.8 Å². The van der Waals surface area contributed by atoms with Crippen LogP contribution in [0.1, 0.15) is 5.56 Å². The lowest BCUT2D eigenvalue weighted by Gasteiger charge is -2.14. The molecule has 0 atom stereocenters. The average Bonchev–Trinajstić information content (AvgIpc) is 3.21. The van der Waals surface area contributed by atoms with Crippen LogP contribution in [0.25, 0.3) is 6.08 Å². The van der Waals surface area contributed by atoms with E-state index in [1.54, 1.807) is 30.3 Å². The topological polar surface area (TPSA) is 68.2 Å². The van der Waals surface area contributed by atoms with E-state index in [-0.39, 0.29) is 18.4 Å². The van der Waals surface area contributed by atoms with Crippen molar-refractivity contribution in [3.05, 3.63) is 45.3 Å². The highest BCUT2D eigenvalue weighted by molar-refractivity contribution is 9.10. The molecule has 1 N–H and O–H groups in total. The number of carbonyl (C=O) groups is 1.